The summed E-state index contributed by atoms with van der Waals surface area (Å²) in [5.74, 6) is -1.41. The van der Waals surface area contributed by atoms with E-state index in [1.54, 1.807) is 13.8 Å². The monoisotopic (exact) mass is 558 g/mol. The maximum Gasteiger partial charge on any atom is 0.316 e. The van der Waals surface area contributed by atoms with E-state index >= 15 is 0 Å². The second-order valence-electron chi connectivity index (χ2n) is 10.5. The minimum atomic E-state index is -3.41. The molecular formula is C28H32F2N4O4S. The fraction of sp³-hybridized carbons (Fsp3) is 0.429. The molecule has 11 heteroatoms. The fourth-order valence-corrected chi connectivity index (χ4v) is 6.67. The van der Waals surface area contributed by atoms with Gasteiger partial charge in [-0.15, -0.1) is 0 Å². The van der Waals surface area contributed by atoms with Crippen molar-refractivity contribution in [3.8, 4) is 11.4 Å². The van der Waals surface area contributed by atoms with E-state index in [0.717, 1.165) is 28.4 Å². The highest BCUT2D eigenvalue weighted by atomic mass is 32.2. The molecule has 2 aliphatic rings. The van der Waals surface area contributed by atoms with Crippen LogP contribution in [-0.2, 0) is 16.4 Å². The number of sulfonamides is 1. The van der Waals surface area contributed by atoms with E-state index in [1.165, 1.54) is 16.1 Å². The van der Waals surface area contributed by atoms with Gasteiger partial charge in [0, 0.05) is 38.7 Å². The van der Waals surface area contributed by atoms with Crippen molar-refractivity contribution in [1.29, 1.82) is 0 Å². The first-order valence-corrected chi connectivity index (χ1v) is 14.6. The van der Waals surface area contributed by atoms with Crippen LogP contribution >= 0.6 is 0 Å². The van der Waals surface area contributed by atoms with Gasteiger partial charge in [0.1, 0.15) is 23.4 Å². The van der Waals surface area contributed by atoms with Gasteiger partial charge in [-0.1, -0.05) is 31.2 Å². The SMILES string of the molecule is CC1CC(Oc2c(N3CCN(S(=O)(=O)C(C)C)CC3)cnn(-c3cc(F)cc(F)c3)c2=O)Cc2ccccc21. The molecule has 1 aromatic heterocycles. The van der Waals surface area contributed by atoms with E-state index in [9.17, 15) is 22.0 Å². The Morgan fingerprint density at radius 1 is 1.03 bits per heavy atom. The first-order chi connectivity index (χ1) is 18.5. The summed E-state index contributed by atoms with van der Waals surface area (Å²) in [5, 5.41) is 3.69. The highest BCUT2D eigenvalue weighted by Gasteiger charge is 2.33. The third kappa shape index (κ3) is 5.42. The van der Waals surface area contributed by atoms with E-state index in [4.69, 9.17) is 4.74 Å². The zero-order valence-corrected chi connectivity index (χ0v) is 23.0. The van der Waals surface area contributed by atoms with Crippen molar-refractivity contribution in [2.45, 2.75) is 50.9 Å². The minimum Gasteiger partial charge on any atom is -0.483 e. The number of piperazine rings is 1. The zero-order chi connectivity index (χ0) is 27.9. The van der Waals surface area contributed by atoms with E-state index in [0.29, 0.717) is 31.6 Å². The van der Waals surface area contributed by atoms with Crippen LogP contribution in [0.3, 0.4) is 0 Å². The number of anilines is 1. The summed E-state index contributed by atoms with van der Waals surface area (Å²) in [6.45, 7) is 6.60. The molecule has 1 aliphatic heterocycles. The summed E-state index contributed by atoms with van der Waals surface area (Å²) < 4.78 is 62.1. The Bertz CT molecular complexity index is 1510. The van der Waals surface area contributed by atoms with E-state index in [1.807, 2.05) is 17.0 Å². The van der Waals surface area contributed by atoms with Gasteiger partial charge in [0.05, 0.1) is 17.1 Å². The molecular weight excluding hydrogens is 526 g/mol. The van der Waals surface area contributed by atoms with Crippen LogP contribution in [0.5, 0.6) is 5.75 Å². The van der Waals surface area contributed by atoms with Crippen LogP contribution in [-0.4, -0.2) is 60.0 Å². The number of aromatic nitrogens is 2. The number of benzene rings is 2. The van der Waals surface area contributed by atoms with Crippen LogP contribution in [0.1, 0.15) is 44.2 Å². The molecule has 1 saturated heterocycles. The van der Waals surface area contributed by atoms with Gasteiger partial charge >= 0.3 is 5.56 Å². The maximum atomic E-state index is 14.0. The zero-order valence-electron chi connectivity index (χ0n) is 22.2. The summed E-state index contributed by atoms with van der Waals surface area (Å²) in [7, 11) is -3.41. The number of fused-ring (bicyclic) bond motifs is 1. The Hall–Kier alpha value is -3.31. The molecule has 5 rings (SSSR count). The molecule has 0 spiro atoms. The number of hydrogen-bond acceptors (Lipinski definition) is 6. The van der Waals surface area contributed by atoms with Crippen molar-refractivity contribution < 1.29 is 21.9 Å². The van der Waals surface area contributed by atoms with Crippen molar-refractivity contribution in [1.82, 2.24) is 14.1 Å². The lowest BCUT2D eigenvalue weighted by Gasteiger charge is -2.37. The number of nitrogens with zero attached hydrogens (tertiary/aromatic N) is 4. The summed E-state index contributed by atoms with van der Waals surface area (Å²) in [4.78, 5) is 15.6. The van der Waals surface area contributed by atoms with Crippen LogP contribution in [0.2, 0.25) is 0 Å². The van der Waals surface area contributed by atoms with Crippen LogP contribution in [0.25, 0.3) is 5.69 Å². The second-order valence-corrected chi connectivity index (χ2v) is 13.0. The number of rotatable bonds is 6. The highest BCUT2D eigenvalue weighted by Crippen LogP contribution is 2.35. The molecule has 208 valence electrons. The molecule has 3 aromatic rings. The Balaban J connectivity index is 1.51. The average molecular weight is 559 g/mol. The largest absolute Gasteiger partial charge is 0.483 e. The lowest BCUT2D eigenvalue weighted by atomic mass is 9.82. The standard InChI is InChI=1S/C28H32F2N4O4S/c1-18(2)39(36,37)33-10-8-32(9-11-33)26-17-31-34(23-15-21(29)14-22(30)16-23)28(35)27(26)38-24-12-19(3)25-7-5-4-6-20(25)13-24/h4-7,14-19,24H,8-13H2,1-3H3. The maximum absolute atomic E-state index is 14.0. The van der Waals surface area contributed by atoms with Crippen molar-refractivity contribution in [2.24, 2.45) is 0 Å². The Morgan fingerprint density at radius 2 is 1.69 bits per heavy atom. The van der Waals surface area contributed by atoms with Crippen LogP contribution in [0.15, 0.2) is 53.5 Å². The van der Waals surface area contributed by atoms with Crippen molar-refractivity contribution in [3.05, 3.63) is 81.8 Å². The van der Waals surface area contributed by atoms with Gasteiger partial charge < -0.3 is 9.64 Å². The van der Waals surface area contributed by atoms with Gasteiger partial charge in [-0.2, -0.15) is 14.1 Å². The van der Waals surface area contributed by atoms with Crippen LogP contribution in [0.4, 0.5) is 14.5 Å². The molecule has 1 fully saturated rings. The van der Waals surface area contributed by atoms with Gasteiger partial charge in [-0.3, -0.25) is 4.79 Å². The molecule has 39 heavy (non-hydrogen) atoms. The Morgan fingerprint density at radius 3 is 2.36 bits per heavy atom. The fourth-order valence-electron chi connectivity index (χ4n) is 5.40. The number of hydrogen-bond donors (Lipinski definition) is 0. The van der Waals surface area contributed by atoms with Crippen molar-refractivity contribution in [3.63, 3.8) is 0 Å². The predicted octanol–water partition coefficient (Wildman–Crippen LogP) is 3.87. The van der Waals surface area contributed by atoms with Gasteiger partial charge in [0.2, 0.25) is 15.8 Å². The first kappa shape index (κ1) is 27.3. The van der Waals surface area contributed by atoms with E-state index in [-0.39, 0.29) is 36.5 Å². The summed E-state index contributed by atoms with van der Waals surface area (Å²) in [6.07, 6.45) is 2.44. The van der Waals surface area contributed by atoms with Crippen molar-refractivity contribution in [2.75, 3.05) is 31.1 Å². The van der Waals surface area contributed by atoms with Crippen LogP contribution in [0, 0.1) is 11.6 Å². The third-order valence-electron chi connectivity index (χ3n) is 7.48. The average Bonchev–Trinajstić information content (AvgIpc) is 2.89. The summed E-state index contributed by atoms with van der Waals surface area (Å²) >= 11 is 0. The minimum absolute atomic E-state index is 0.0337. The normalized spacial score (nSPS) is 20.2. The molecule has 0 bridgehead atoms. The van der Waals surface area contributed by atoms with Crippen molar-refractivity contribution >= 4 is 15.7 Å². The Kier molecular flexibility index (Phi) is 7.47. The number of halogens is 2. The van der Waals surface area contributed by atoms with Gasteiger partial charge in [-0.25, -0.2) is 17.2 Å². The summed E-state index contributed by atoms with van der Waals surface area (Å²) in [6, 6.07) is 10.9. The quantitative estimate of drug-likeness (QED) is 0.457. The molecule has 0 amide bonds. The van der Waals surface area contributed by atoms with Crippen LogP contribution < -0.4 is 15.2 Å². The molecule has 2 unspecified atom stereocenters. The third-order valence-corrected chi connectivity index (χ3v) is 9.75. The second kappa shape index (κ2) is 10.7. The summed E-state index contributed by atoms with van der Waals surface area (Å²) in [5.41, 5.74) is 2.14. The first-order valence-electron chi connectivity index (χ1n) is 13.1. The van der Waals surface area contributed by atoms with Gasteiger partial charge in [-0.05, 0) is 49.4 Å². The predicted molar refractivity (Wildman–Crippen MR) is 145 cm³/mol. The molecule has 2 atom stereocenters. The molecule has 2 heterocycles. The molecule has 8 nitrogen and oxygen atoms in total. The van der Waals surface area contributed by atoms with E-state index < -0.39 is 32.5 Å². The smallest absolute Gasteiger partial charge is 0.316 e. The number of ether oxygens (including phenoxy) is 1. The highest BCUT2D eigenvalue weighted by molar-refractivity contribution is 7.89. The molecule has 2 aromatic carbocycles. The topological polar surface area (TPSA) is 84.7 Å². The van der Waals surface area contributed by atoms with Gasteiger partial charge in [0.15, 0.2) is 0 Å². The Labute approximate surface area is 226 Å². The lowest BCUT2D eigenvalue weighted by Crippen LogP contribution is -2.50. The molecule has 0 N–H and O–H groups in total. The molecule has 1 aliphatic carbocycles. The van der Waals surface area contributed by atoms with Gasteiger partial charge in [0.25, 0.3) is 0 Å². The lowest BCUT2D eigenvalue weighted by molar-refractivity contribution is 0.171. The molecule has 0 radical (unpaired) electrons. The molecule has 0 saturated carbocycles. The van der Waals surface area contributed by atoms with E-state index in [2.05, 4.69) is 24.2 Å².